The molecule has 1 aliphatic heterocycles. The first kappa shape index (κ1) is 15.7. The lowest BCUT2D eigenvalue weighted by Gasteiger charge is -2.40. The lowest BCUT2D eigenvalue weighted by Crippen LogP contribution is -2.40. The minimum Gasteiger partial charge on any atom is -0.478 e. The van der Waals surface area contributed by atoms with Crippen molar-refractivity contribution in [2.75, 3.05) is 18.0 Å². The number of carboxylic acid groups (broad SMARTS) is 1. The molecule has 0 radical (unpaired) electrons. The van der Waals surface area contributed by atoms with Crippen molar-refractivity contribution in [3.8, 4) is 0 Å². The van der Waals surface area contributed by atoms with E-state index < -0.39 is 17.7 Å². The smallest absolute Gasteiger partial charge is 0.416 e. The van der Waals surface area contributed by atoms with Crippen LogP contribution in [0.2, 0.25) is 0 Å². The highest BCUT2D eigenvalue weighted by Gasteiger charge is 2.33. The fourth-order valence-corrected chi connectivity index (χ4v) is 2.79. The second-order valence-electron chi connectivity index (χ2n) is 6.22. The van der Waals surface area contributed by atoms with Crippen molar-refractivity contribution in [2.24, 2.45) is 5.41 Å². The van der Waals surface area contributed by atoms with E-state index in [1.165, 1.54) is 6.07 Å². The van der Waals surface area contributed by atoms with Crippen molar-refractivity contribution in [1.82, 2.24) is 0 Å². The first-order valence-corrected chi connectivity index (χ1v) is 6.80. The minimum atomic E-state index is -4.54. The summed E-state index contributed by atoms with van der Waals surface area (Å²) in [5, 5.41) is 9.22. The van der Waals surface area contributed by atoms with Crippen LogP contribution in [-0.4, -0.2) is 24.2 Å². The van der Waals surface area contributed by atoms with Crippen molar-refractivity contribution in [1.29, 1.82) is 0 Å². The van der Waals surface area contributed by atoms with Gasteiger partial charge in [-0.3, -0.25) is 0 Å². The van der Waals surface area contributed by atoms with Crippen LogP contribution in [0.5, 0.6) is 0 Å². The van der Waals surface area contributed by atoms with E-state index in [1.807, 2.05) is 4.90 Å². The maximum atomic E-state index is 12.7. The first-order chi connectivity index (χ1) is 9.60. The normalized spacial score (nSPS) is 18.6. The summed E-state index contributed by atoms with van der Waals surface area (Å²) in [6.07, 6.45) is -2.62. The predicted octanol–water partition coefficient (Wildman–Crippen LogP) is 4.03. The molecule has 1 aromatic rings. The topological polar surface area (TPSA) is 40.5 Å². The molecule has 1 aliphatic rings. The standard InChI is InChI=1S/C15H18F3NO2/c1-14(2)6-3-7-19(9-14)12-5-4-10(15(16,17)18)8-11(12)13(20)21/h4-5,8H,3,6-7,9H2,1-2H3,(H,20,21). The van der Waals surface area contributed by atoms with E-state index in [-0.39, 0.29) is 11.0 Å². The van der Waals surface area contributed by atoms with Gasteiger partial charge >= 0.3 is 12.1 Å². The van der Waals surface area contributed by atoms with Crippen molar-refractivity contribution in [2.45, 2.75) is 32.9 Å². The third kappa shape index (κ3) is 3.49. The number of piperidine rings is 1. The number of anilines is 1. The van der Waals surface area contributed by atoms with Crippen LogP contribution in [0, 0.1) is 5.41 Å². The Morgan fingerprint density at radius 1 is 1.33 bits per heavy atom. The molecule has 3 nitrogen and oxygen atoms in total. The Hall–Kier alpha value is -1.72. The molecule has 0 saturated carbocycles. The highest BCUT2D eigenvalue weighted by molar-refractivity contribution is 5.94. The molecule has 0 spiro atoms. The van der Waals surface area contributed by atoms with Crippen LogP contribution >= 0.6 is 0 Å². The predicted molar refractivity (Wildman–Crippen MR) is 73.6 cm³/mol. The molecular weight excluding hydrogens is 283 g/mol. The monoisotopic (exact) mass is 301 g/mol. The van der Waals surface area contributed by atoms with Gasteiger partial charge in [-0.05, 0) is 36.5 Å². The van der Waals surface area contributed by atoms with Gasteiger partial charge in [0.2, 0.25) is 0 Å². The number of alkyl halides is 3. The summed E-state index contributed by atoms with van der Waals surface area (Å²) in [6, 6.07) is 2.94. The lowest BCUT2D eigenvalue weighted by atomic mass is 9.83. The highest BCUT2D eigenvalue weighted by Crippen LogP contribution is 2.36. The van der Waals surface area contributed by atoms with Crippen LogP contribution in [0.3, 0.4) is 0 Å². The van der Waals surface area contributed by atoms with E-state index >= 15 is 0 Å². The molecule has 1 aromatic carbocycles. The first-order valence-electron chi connectivity index (χ1n) is 6.80. The number of hydrogen-bond donors (Lipinski definition) is 1. The van der Waals surface area contributed by atoms with Gasteiger partial charge in [0.25, 0.3) is 0 Å². The molecule has 0 amide bonds. The number of carboxylic acids is 1. The Morgan fingerprint density at radius 3 is 2.52 bits per heavy atom. The quantitative estimate of drug-likeness (QED) is 0.896. The van der Waals surface area contributed by atoms with Gasteiger partial charge in [-0.2, -0.15) is 13.2 Å². The molecule has 1 heterocycles. The zero-order chi connectivity index (χ0) is 15.8. The van der Waals surface area contributed by atoms with Crippen molar-refractivity contribution >= 4 is 11.7 Å². The van der Waals surface area contributed by atoms with Crippen LogP contribution in [-0.2, 0) is 6.18 Å². The average Bonchev–Trinajstić information content (AvgIpc) is 2.35. The number of benzene rings is 1. The van der Waals surface area contributed by atoms with Crippen molar-refractivity contribution in [3.05, 3.63) is 29.3 Å². The van der Waals surface area contributed by atoms with E-state index in [4.69, 9.17) is 0 Å². The number of carbonyl (C=O) groups is 1. The van der Waals surface area contributed by atoms with Crippen LogP contribution in [0.15, 0.2) is 18.2 Å². The molecule has 0 unspecified atom stereocenters. The number of halogens is 3. The fourth-order valence-electron chi connectivity index (χ4n) is 2.79. The van der Waals surface area contributed by atoms with Crippen LogP contribution in [0.1, 0.15) is 42.6 Å². The van der Waals surface area contributed by atoms with Gasteiger partial charge in [-0.25, -0.2) is 4.79 Å². The Labute approximate surface area is 121 Å². The van der Waals surface area contributed by atoms with E-state index in [2.05, 4.69) is 13.8 Å². The Bertz CT molecular complexity index is 552. The zero-order valence-corrected chi connectivity index (χ0v) is 12.0. The summed E-state index contributed by atoms with van der Waals surface area (Å²) in [4.78, 5) is 13.2. The minimum absolute atomic E-state index is 0.0245. The SMILES string of the molecule is CC1(C)CCCN(c2ccc(C(F)(F)F)cc2C(=O)O)C1. The lowest BCUT2D eigenvalue weighted by molar-refractivity contribution is -0.137. The molecule has 116 valence electrons. The summed E-state index contributed by atoms with van der Waals surface area (Å²) >= 11 is 0. The van der Waals surface area contributed by atoms with Gasteiger partial charge in [0, 0.05) is 13.1 Å². The van der Waals surface area contributed by atoms with Gasteiger partial charge in [-0.15, -0.1) is 0 Å². The molecule has 1 saturated heterocycles. The number of rotatable bonds is 2. The third-order valence-corrected chi connectivity index (χ3v) is 3.80. The fraction of sp³-hybridized carbons (Fsp3) is 0.533. The Balaban J connectivity index is 2.42. The maximum Gasteiger partial charge on any atom is 0.416 e. The van der Waals surface area contributed by atoms with E-state index in [1.54, 1.807) is 0 Å². The Kier molecular flexibility index (Phi) is 3.91. The van der Waals surface area contributed by atoms with Crippen molar-refractivity contribution < 1.29 is 23.1 Å². The summed E-state index contributed by atoms with van der Waals surface area (Å²) in [7, 11) is 0. The summed E-state index contributed by atoms with van der Waals surface area (Å²) in [5.41, 5.74) is -0.831. The molecule has 21 heavy (non-hydrogen) atoms. The third-order valence-electron chi connectivity index (χ3n) is 3.80. The van der Waals surface area contributed by atoms with E-state index in [0.717, 1.165) is 25.0 Å². The molecule has 6 heteroatoms. The van der Waals surface area contributed by atoms with E-state index in [0.29, 0.717) is 18.8 Å². The van der Waals surface area contributed by atoms with Gasteiger partial charge in [-0.1, -0.05) is 13.8 Å². The highest BCUT2D eigenvalue weighted by atomic mass is 19.4. The molecule has 1 N–H and O–H groups in total. The molecule has 0 bridgehead atoms. The Morgan fingerprint density at radius 2 is 2.00 bits per heavy atom. The summed E-state index contributed by atoms with van der Waals surface area (Å²) in [6.45, 7) is 5.45. The zero-order valence-electron chi connectivity index (χ0n) is 12.0. The largest absolute Gasteiger partial charge is 0.478 e. The summed E-state index contributed by atoms with van der Waals surface area (Å²) in [5.74, 6) is -1.33. The average molecular weight is 301 g/mol. The molecule has 1 fully saturated rings. The molecule has 0 atom stereocenters. The molecule has 0 aliphatic carbocycles. The number of hydrogen-bond acceptors (Lipinski definition) is 2. The second kappa shape index (κ2) is 5.24. The van der Waals surface area contributed by atoms with Gasteiger partial charge in [0.15, 0.2) is 0 Å². The second-order valence-corrected chi connectivity index (χ2v) is 6.22. The van der Waals surface area contributed by atoms with Gasteiger partial charge in [0.1, 0.15) is 0 Å². The molecular formula is C15H18F3NO2. The van der Waals surface area contributed by atoms with Gasteiger partial charge in [0.05, 0.1) is 16.8 Å². The van der Waals surface area contributed by atoms with Crippen LogP contribution in [0.4, 0.5) is 18.9 Å². The number of aromatic carboxylic acids is 1. The van der Waals surface area contributed by atoms with Gasteiger partial charge < -0.3 is 10.0 Å². The summed E-state index contributed by atoms with van der Waals surface area (Å²) < 4.78 is 38.2. The number of nitrogens with zero attached hydrogens (tertiary/aromatic N) is 1. The molecule has 0 aromatic heterocycles. The van der Waals surface area contributed by atoms with E-state index in [9.17, 15) is 23.1 Å². The molecule has 2 rings (SSSR count). The van der Waals surface area contributed by atoms with Crippen LogP contribution < -0.4 is 4.90 Å². The van der Waals surface area contributed by atoms with Crippen molar-refractivity contribution in [3.63, 3.8) is 0 Å². The van der Waals surface area contributed by atoms with Crippen LogP contribution in [0.25, 0.3) is 0 Å². The maximum absolute atomic E-state index is 12.7.